The van der Waals surface area contributed by atoms with E-state index in [4.69, 9.17) is 16.3 Å². The predicted molar refractivity (Wildman–Crippen MR) is 163 cm³/mol. The number of nitrogens with zero attached hydrogens (tertiary/aromatic N) is 2. The van der Waals surface area contributed by atoms with Gasteiger partial charge in [-0.05, 0) is 67.8 Å². The van der Waals surface area contributed by atoms with E-state index >= 15 is 0 Å². The van der Waals surface area contributed by atoms with Gasteiger partial charge in [-0.15, -0.1) is 0 Å². The Hall–Kier alpha value is -3.77. The summed E-state index contributed by atoms with van der Waals surface area (Å²) in [5.41, 5.74) is -1.06. The van der Waals surface area contributed by atoms with E-state index in [0.717, 1.165) is 12.1 Å². The van der Waals surface area contributed by atoms with Gasteiger partial charge < -0.3 is 15.0 Å². The molecule has 0 heterocycles. The summed E-state index contributed by atoms with van der Waals surface area (Å²) in [6.45, 7) is 4.38. The van der Waals surface area contributed by atoms with Gasteiger partial charge in [0.15, 0.2) is 0 Å². The SMILES string of the molecule is CC[C@H](C)NC(=O)[C@H](CC)N(Cc1ccc(OC)cc1)C(=O)CN(c1cc(C(F)(F)F)ccc1Cl)S(=O)(=O)c1ccccc1. The van der Waals surface area contributed by atoms with Gasteiger partial charge in [0, 0.05) is 12.6 Å². The molecule has 0 fully saturated rings. The first kappa shape index (κ1) is 34.7. The zero-order valence-corrected chi connectivity index (χ0v) is 26.3. The molecule has 2 amide bonds. The molecule has 2 atom stereocenters. The van der Waals surface area contributed by atoms with E-state index in [2.05, 4.69) is 5.32 Å². The Morgan fingerprint density at radius 3 is 2.16 bits per heavy atom. The van der Waals surface area contributed by atoms with Crippen LogP contribution in [-0.2, 0) is 32.3 Å². The second kappa shape index (κ2) is 14.8. The Kier molecular flexibility index (Phi) is 11.7. The number of carbonyl (C=O) groups is 2. The predicted octanol–water partition coefficient (Wildman–Crippen LogP) is 6.28. The average molecular weight is 654 g/mol. The van der Waals surface area contributed by atoms with Crippen LogP contribution in [0, 0.1) is 0 Å². The van der Waals surface area contributed by atoms with Crippen LogP contribution in [0.4, 0.5) is 18.9 Å². The third kappa shape index (κ3) is 8.44. The van der Waals surface area contributed by atoms with Crippen LogP contribution in [0.5, 0.6) is 5.75 Å². The zero-order valence-electron chi connectivity index (χ0n) is 24.8. The van der Waals surface area contributed by atoms with Crippen LogP contribution in [0.1, 0.15) is 44.7 Å². The van der Waals surface area contributed by atoms with Crippen molar-refractivity contribution in [3.8, 4) is 5.75 Å². The fourth-order valence-corrected chi connectivity index (χ4v) is 6.12. The monoisotopic (exact) mass is 653 g/mol. The van der Waals surface area contributed by atoms with Gasteiger partial charge in [0.25, 0.3) is 10.0 Å². The lowest BCUT2D eigenvalue weighted by molar-refractivity contribution is -0.140. The van der Waals surface area contributed by atoms with Crippen molar-refractivity contribution < 1.29 is 35.9 Å². The van der Waals surface area contributed by atoms with Crippen LogP contribution >= 0.6 is 11.6 Å². The van der Waals surface area contributed by atoms with Gasteiger partial charge in [0.2, 0.25) is 11.8 Å². The molecule has 3 aromatic rings. The first-order chi connectivity index (χ1) is 20.7. The maximum absolute atomic E-state index is 14.1. The van der Waals surface area contributed by atoms with Gasteiger partial charge in [0.05, 0.1) is 28.3 Å². The lowest BCUT2D eigenvalue weighted by Crippen LogP contribution is -2.53. The van der Waals surface area contributed by atoms with Crippen molar-refractivity contribution in [2.24, 2.45) is 0 Å². The second-order valence-corrected chi connectivity index (χ2v) is 12.4. The number of amides is 2. The van der Waals surface area contributed by atoms with Crippen molar-refractivity contribution in [3.05, 3.63) is 88.9 Å². The zero-order chi connectivity index (χ0) is 32.7. The Morgan fingerprint density at radius 2 is 1.61 bits per heavy atom. The van der Waals surface area contributed by atoms with Crippen molar-refractivity contribution in [1.82, 2.24) is 10.2 Å². The molecule has 3 rings (SSSR count). The largest absolute Gasteiger partial charge is 0.497 e. The summed E-state index contributed by atoms with van der Waals surface area (Å²) in [6.07, 6.45) is -4.00. The topological polar surface area (TPSA) is 96.0 Å². The number of hydrogen-bond acceptors (Lipinski definition) is 5. The Morgan fingerprint density at radius 1 is 0.977 bits per heavy atom. The third-order valence-electron chi connectivity index (χ3n) is 7.05. The number of benzene rings is 3. The highest BCUT2D eigenvalue weighted by atomic mass is 35.5. The van der Waals surface area contributed by atoms with Crippen molar-refractivity contribution in [2.75, 3.05) is 18.0 Å². The van der Waals surface area contributed by atoms with E-state index in [1.807, 2.05) is 13.8 Å². The van der Waals surface area contributed by atoms with Crippen LogP contribution < -0.4 is 14.4 Å². The summed E-state index contributed by atoms with van der Waals surface area (Å²) >= 11 is 6.30. The Balaban J connectivity index is 2.14. The fourth-order valence-electron chi connectivity index (χ4n) is 4.40. The average Bonchev–Trinajstić information content (AvgIpc) is 3.00. The van der Waals surface area contributed by atoms with Gasteiger partial charge in [-0.25, -0.2) is 8.42 Å². The minimum Gasteiger partial charge on any atom is -0.497 e. The minimum atomic E-state index is -4.81. The van der Waals surface area contributed by atoms with E-state index in [1.54, 1.807) is 37.3 Å². The highest BCUT2D eigenvalue weighted by Crippen LogP contribution is 2.37. The molecule has 0 bridgehead atoms. The van der Waals surface area contributed by atoms with Crippen molar-refractivity contribution >= 4 is 39.1 Å². The van der Waals surface area contributed by atoms with Crippen molar-refractivity contribution in [1.29, 1.82) is 0 Å². The first-order valence-electron chi connectivity index (χ1n) is 13.9. The quantitative estimate of drug-likeness (QED) is 0.234. The molecule has 0 aliphatic carbocycles. The van der Waals surface area contributed by atoms with Crippen LogP contribution in [0.3, 0.4) is 0 Å². The highest BCUT2D eigenvalue weighted by molar-refractivity contribution is 7.92. The first-order valence-corrected chi connectivity index (χ1v) is 15.7. The van der Waals surface area contributed by atoms with E-state index in [-0.39, 0.29) is 28.9 Å². The maximum Gasteiger partial charge on any atom is 0.416 e. The van der Waals surface area contributed by atoms with Crippen LogP contribution in [0.25, 0.3) is 0 Å². The lowest BCUT2D eigenvalue weighted by atomic mass is 10.1. The Bertz CT molecular complexity index is 1540. The molecule has 238 valence electrons. The molecule has 0 aromatic heterocycles. The molecule has 0 saturated heterocycles. The van der Waals surface area contributed by atoms with E-state index in [9.17, 15) is 31.2 Å². The summed E-state index contributed by atoms with van der Waals surface area (Å²) in [5, 5.41) is 2.55. The summed E-state index contributed by atoms with van der Waals surface area (Å²) < 4.78 is 74.7. The van der Waals surface area contributed by atoms with Gasteiger partial charge in [-0.2, -0.15) is 13.2 Å². The summed E-state index contributed by atoms with van der Waals surface area (Å²) in [6, 6.07) is 14.8. The second-order valence-electron chi connectivity index (χ2n) is 10.1. The van der Waals surface area contributed by atoms with Gasteiger partial charge in [-0.3, -0.25) is 13.9 Å². The summed E-state index contributed by atoms with van der Waals surface area (Å²) in [4.78, 5) is 28.5. The molecule has 0 aliphatic rings. The fraction of sp³-hybridized carbons (Fsp3) is 0.355. The number of alkyl halides is 3. The smallest absolute Gasteiger partial charge is 0.416 e. The molecule has 0 aliphatic heterocycles. The highest BCUT2D eigenvalue weighted by Gasteiger charge is 2.37. The molecule has 0 spiro atoms. The summed E-state index contributed by atoms with van der Waals surface area (Å²) in [5.74, 6) is -0.703. The van der Waals surface area contributed by atoms with E-state index in [0.29, 0.717) is 28.1 Å². The van der Waals surface area contributed by atoms with Gasteiger partial charge in [-0.1, -0.05) is 55.8 Å². The van der Waals surface area contributed by atoms with E-state index in [1.165, 1.54) is 36.3 Å². The normalized spacial score (nSPS) is 13.1. The van der Waals surface area contributed by atoms with Gasteiger partial charge >= 0.3 is 6.18 Å². The standard InChI is InChI=1S/C31H35ClF3N3O5S/c1-5-21(3)36-30(40)27(6-2)37(19-22-12-15-24(43-4)16-13-22)29(39)20-38(44(41,42)25-10-8-7-9-11-25)28-18-23(31(33,34)35)14-17-26(28)32/h7-18,21,27H,5-6,19-20H2,1-4H3,(H,36,40)/t21-,27-/m0/s1. The molecule has 8 nitrogen and oxygen atoms in total. The number of hydrogen-bond donors (Lipinski definition) is 1. The van der Waals surface area contributed by atoms with Crippen molar-refractivity contribution in [3.63, 3.8) is 0 Å². The molecule has 3 aromatic carbocycles. The van der Waals surface area contributed by atoms with E-state index < -0.39 is 51.9 Å². The number of anilines is 1. The Labute approximate surface area is 260 Å². The molecular formula is C31H35ClF3N3O5S. The number of ether oxygens (including phenoxy) is 1. The molecule has 0 unspecified atom stereocenters. The van der Waals surface area contributed by atoms with Gasteiger partial charge in [0.1, 0.15) is 18.3 Å². The number of sulfonamides is 1. The molecule has 0 radical (unpaired) electrons. The molecule has 0 saturated carbocycles. The number of nitrogens with one attached hydrogen (secondary N) is 1. The third-order valence-corrected chi connectivity index (χ3v) is 9.14. The molecular weight excluding hydrogens is 619 g/mol. The van der Waals surface area contributed by atoms with Crippen LogP contribution in [0.2, 0.25) is 5.02 Å². The minimum absolute atomic E-state index is 0.0925. The molecule has 1 N–H and O–H groups in total. The maximum atomic E-state index is 14.1. The van der Waals surface area contributed by atoms with Crippen LogP contribution in [-0.4, -0.2) is 50.9 Å². The summed E-state index contributed by atoms with van der Waals surface area (Å²) in [7, 11) is -3.11. The van der Waals surface area contributed by atoms with Crippen molar-refractivity contribution in [2.45, 2.75) is 63.3 Å². The number of carbonyl (C=O) groups excluding carboxylic acids is 2. The number of halogens is 4. The van der Waals surface area contributed by atoms with Crippen LogP contribution in [0.15, 0.2) is 77.7 Å². The lowest BCUT2D eigenvalue weighted by Gasteiger charge is -2.34. The molecule has 44 heavy (non-hydrogen) atoms. The number of rotatable bonds is 13. The number of methoxy groups -OCH3 is 1. The molecule has 13 heteroatoms.